The first-order valence-electron chi connectivity index (χ1n) is 7.93. The van der Waals surface area contributed by atoms with Gasteiger partial charge in [0.25, 0.3) is 0 Å². The van der Waals surface area contributed by atoms with Gasteiger partial charge in [-0.25, -0.2) is 0 Å². The Morgan fingerprint density at radius 1 is 0.920 bits per heavy atom. The lowest BCUT2D eigenvalue weighted by Gasteiger charge is -2.24. The summed E-state index contributed by atoms with van der Waals surface area (Å²) in [5, 5.41) is 5.62. The molecule has 0 aliphatic heterocycles. The number of hydrogen-bond acceptors (Lipinski definition) is 4. The minimum absolute atomic E-state index is 0.214. The average molecular weight is 342 g/mol. The van der Waals surface area contributed by atoms with Gasteiger partial charge in [0.1, 0.15) is 11.5 Å². The van der Waals surface area contributed by atoms with Crippen LogP contribution in [0.4, 0.5) is 0 Å². The lowest BCUT2D eigenvalue weighted by Crippen LogP contribution is -2.41. The molecule has 2 heterocycles. The highest BCUT2D eigenvalue weighted by Crippen LogP contribution is 2.12. The van der Waals surface area contributed by atoms with Crippen LogP contribution in [-0.2, 0) is 9.59 Å². The third-order valence-electron chi connectivity index (χ3n) is 3.37. The summed E-state index contributed by atoms with van der Waals surface area (Å²) >= 11 is 0. The summed E-state index contributed by atoms with van der Waals surface area (Å²) in [7, 11) is 0. The molecular formula is C19H22N2O4. The van der Waals surface area contributed by atoms with E-state index in [0.29, 0.717) is 24.6 Å². The Kier molecular flexibility index (Phi) is 6.39. The van der Waals surface area contributed by atoms with Crippen LogP contribution >= 0.6 is 0 Å². The van der Waals surface area contributed by atoms with Gasteiger partial charge in [0.2, 0.25) is 11.8 Å². The van der Waals surface area contributed by atoms with Gasteiger partial charge in [0.05, 0.1) is 12.5 Å². The average Bonchev–Trinajstić information content (AvgIpc) is 3.28. The van der Waals surface area contributed by atoms with Crippen LogP contribution in [0.15, 0.2) is 57.8 Å². The summed E-state index contributed by atoms with van der Waals surface area (Å²) in [4.78, 5) is 23.6. The molecule has 25 heavy (non-hydrogen) atoms. The van der Waals surface area contributed by atoms with Crippen LogP contribution in [0, 0.1) is 5.41 Å². The highest BCUT2D eigenvalue weighted by atomic mass is 16.3. The topological polar surface area (TPSA) is 84.5 Å². The van der Waals surface area contributed by atoms with Crippen molar-refractivity contribution in [3.63, 3.8) is 0 Å². The van der Waals surface area contributed by atoms with E-state index in [1.807, 2.05) is 13.8 Å². The first kappa shape index (κ1) is 18.3. The molecule has 0 unspecified atom stereocenters. The summed E-state index contributed by atoms with van der Waals surface area (Å²) in [6, 6.07) is 7.03. The van der Waals surface area contributed by atoms with E-state index in [9.17, 15) is 9.59 Å². The fourth-order valence-electron chi connectivity index (χ4n) is 1.92. The summed E-state index contributed by atoms with van der Waals surface area (Å²) < 4.78 is 10.2. The molecule has 0 aliphatic carbocycles. The summed E-state index contributed by atoms with van der Waals surface area (Å²) in [6.45, 7) is 4.77. The van der Waals surface area contributed by atoms with Crippen molar-refractivity contribution in [1.82, 2.24) is 10.6 Å². The third-order valence-corrected chi connectivity index (χ3v) is 3.37. The second-order valence-corrected chi connectivity index (χ2v) is 6.30. The molecule has 0 bridgehead atoms. The molecule has 2 N–H and O–H groups in total. The van der Waals surface area contributed by atoms with E-state index in [0.717, 1.165) is 0 Å². The van der Waals surface area contributed by atoms with Crippen LogP contribution in [-0.4, -0.2) is 24.9 Å². The number of hydrogen-bond donors (Lipinski definition) is 2. The summed E-state index contributed by atoms with van der Waals surface area (Å²) in [5.74, 6) is 0.803. The number of furan rings is 2. The predicted molar refractivity (Wildman–Crippen MR) is 95.3 cm³/mol. The third kappa shape index (κ3) is 6.95. The van der Waals surface area contributed by atoms with E-state index in [2.05, 4.69) is 10.6 Å². The van der Waals surface area contributed by atoms with Gasteiger partial charge < -0.3 is 19.5 Å². The molecule has 132 valence electrons. The zero-order valence-corrected chi connectivity index (χ0v) is 14.3. The van der Waals surface area contributed by atoms with Crippen molar-refractivity contribution in [1.29, 1.82) is 0 Å². The first-order chi connectivity index (χ1) is 11.9. The zero-order valence-electron chi connectivity index (χ0n) is 14.3. The summed E-state index contributed by atoms with van der Waals surface area (Å²) in [6.07, 6.45) is 9.12. The first-order valence-corrected chi connectivity index (χ1v) is 7.93. The van der Waals surface area contributed by atoms with Gasteiger partial charge in [-0.05, 0) is 41.8 Å². The number of rotatable bonds is 8. The van der Waals surface area contributed by atoms with Gasteiger partial charge in [-0.2, -0.15) is 0 Å². The lowest BCUT2D eigenvalue weighted by molar-refractivity contribution is -0.116. The minimum atomic E-state index is -0.289. The zero-order chi connectivity index (χ0) is 18.1. The van der Waals surface area contributed by atoms with E-state index >= 15 is 0 Å². The Balaban J connectivity index is 1.71. The van der Waals surface area contributed by atoms with Crippen molar-refractivity contribution in [2.24, 2.45) is 5.41 Å². The Bertz CT molecular complexity index is 663. The van der Waals surface area contributed by atoms with Crippen LogP contribution in [0.5, 0.6) is 0 Å². The molecule has 6 nitrogen and oxygen atoms in total. The van der Waals surface area contributed by atoms with Crippen molar-refractivity contribution < 1.29 is 18.4 Å². The normalized spacial score (nSPS) is 11.9. The Hall–Kier alpha value is -3.02. The van der Waals surface area contributed by atoms with Crippen LogP contribution < -0.4 is 10.6 Å². The van der Waals surface area contributed by atoms with Gasteiger partial charge in [-0.1, -0.05) is 13.8 Å². The van der Waals surface area contributed by atoms with E-state index in [-0.39, 0.29) is 17.2 Å². The molecule has 2 rings (SSSR count). The molecule has 0 atom stereocenters. The maximum Gasteiger partial charge on any atom is 0.244 e. The maximum atomic E-state index is 11.8. The molecule has 2 aromatic heterocycles. The monoisotopic (exact) mass is 342 g/mol. The highest BCUT2D eigenvalue weighted by Gasteiger charge is 2.19. The molecule has 0 aromatic carbocycles. The maximum absolute atomic E-state index is 11.8. The molecule has 6 heteroatoms. The molecule has 0 spiro atoms. The lowest BCUT2D eigenvalue weighted by atomic mass is 9.93. The van der Waals surface area contributed by atoms with E-state index in [1.54, 1.807) is 48.9 Å². The fourth-order valence-corrected chi connectivity index (χ4v) is 1.92. The number of carbonyl (C=O) groups excluding carboxylic acids is 2. The predicted octanol–water partition coefficient (Wildman–Crippen LogP) is 2.86. The minimum Gasteiger partial charge on any atom is -0.465 e. The van der Waals surface area contributed by atoms with E-state index < -0.39 is 0 Å². The molecule has 0 fully saturated rings. The Labute approximate surface area is 146 Å². The molecule has 2 amide bonds. The van der Waals surface area contributed by atoms with Crippen LogP contribution in [0.2, 0.25) is 0 Å². The van der Waals surface area contributed by atoms with Crippen LogP contribution in [0.1, 0.15) is 25.4 Å². The van der Waals surface area contributed by atoms with Gasteiger partial charge in [0, 0.05) is 25.2 Å². The quantitative estimate of drug-likeness (QED) is 0.723. The largest absolute Gasteiger partial charge is 0.465 e. The van der Waals surface area contributed by atoms with Crippen molar-refractivity contribution in [3.8, 4) is 0 Å². The molecule has 2 aromatic rings. The molecule has 0 aliphatic rings. The van der Waals surface area contributed by atoms with Gasteiger partial charge in [-0.15, -0.1) is 0 Å². The van der Waals surface area contributed by atoms with Gasteiger partial charge in [-0.3, -0.25) is 9.59 Å². The van der Waals surface area contributed by atoms with Gasteiger partial charge >= 0.3 is 0 Å². The van der Waals surface area contributed by atoms with E-state index in [4.69, 9.17) is 8.83 Å². The van der Waals surface area contributed by atoms with Gasteiger partial charge in [0.15, 0.2) is 0 Å². The highest BCUT2D eigenvalue weighted by molar-refractivity contribution is 5.92. The molecule has 0 saturated heterocycles. The van der Waals surface area contributed by atoms with Crippen molar-refractivity contribution >= 4 is 24.0 Å². The van der Waals surface area contributed by atoms with Crippen molar-refractivity contribution in [2.45, 2.75) is 13.8 Å². The van der Waals surface area contributed by atoms with E-state index in [1.165, 1.54) is 12.2 Å². The Morgan fingerprint density at radius 3 is 1.72 bits per heavy atom. The molecule has 0 radical (unpaired) electrons. The van der Waals surface area contributed by atoms with Crippen molar-refractivity contribution in [3.05, 3.63) is 60.5 Å². The SMILES string of the molecule is CC(C)(CNC(=O)C=Cc1ccco1)CNC(=O)C=Cc1ccco1. The number of carbonyl (C=O) groups is 2. The Morgan fingerprint density at radius 2 is 1.36 bits per heavy atom. The van der Waals surface area contributed by atoms with Crippen LogP contribution in [0.3, 0.4) is 0 Å². The second kappa shape index (κ2) is 8.73. The smallest absolute Gasteiger partial charge is 0.244 e. The van der Waals surface area contributed by atoms with Crippen LogP contribution in [0.25, 0.3) is 12.2 Å². The molecule has 0 saturated carbocycles. The number of amides is 2. The fraction of sp³-hybridized carbons (Fsp3) is 0.263. The van der Waals surface area contributed by atoms with Crippen molar-refractivity contribution in [2.75, 3.05) is 13.1 Å². The molecular weight excluding hydrogens is 320 g/mol. The summed E-state index contributed by atoms with van der Waals surface area (Å²) in [5.41, 5.74) is -0.289. The number of nitrogens with one attached hydrogen (secondary N) is 2. The standard InChI is InChI=1S/C19H22N2O4/c1-19(2,13-20-17(22)9-7-15-5-3-11-24-15)14-21-18(23)10-8-16-6-4-12-25-16/h3-12H,13-14H2,1-2H3,(H,20,22)(H,21,23). The second-order valence-electron chi connectivity index (χ2n) is 6.30.